The Kier molecular flexibility index (Phi) is 10.5. The molecule has 0 atom stereocenters. The van der Waals surface area contributed by atoms with Gasteiger partial charge in [0, 0.05) is 44.5 Å². The van der Waals surface area contributed by atoms with Gasteiger partial charge in [0.2, 0.25) is 0 Å². The molecule has 0 aliphatic rings. The minimum absolute atomic E-state index is 0. The summed E-state index contributed by atoms with van der Waals surface area (Å²) >= 11 is 0. The van der Waals surface area contributed by atoms with Crippen molar-refractivity contribution in [2.75, 3.05) is 26.7 Å². The number of aliphatic imine (C=N–C) groups is 1. The largest absolute Gasteiger partial charge is 0.356 e. The zero-order chi connectivity index (χ0) is 18.8. The van der Waals surface area contributed by atoms with Crippen LogP contribution in [0.3, 0.4) is 0 Å². The second kappa shape index (κ2) is 12.3. The summed E-state index contributed by atoms with van der Waals surface area (Å²) < 4.78 is 2.02. The molecular formula is C19H29IN6O. The molecule has 148 valence electrons. The first kappa shape index (κ1) is 22.9. The van der Waals surface area contributed by atoms with E-state index in [-0.39, 0.29) is 29.9 Å². The first-order valence-electron chi connectivity index (χ1n) is 8.89. The number of guanidine groups is 1. The highest BCUT2D eigenvalue weighted by molar-refractivity contribution is 14.0. The smallest absolute Gasteiger partial charge is 0.251 e. The molecule has 0 fully saturated rings. The Labute approximate surface area is 178 Å². The number of halogens is 1. The Morgan fingerprint density at radius 1 is 1.07 bits per heavy atom. The molecule has 0 spiro atoms. The van der Waals surface area contributed by atoms with Crippen LogP contribution in [0.15, 0.2) is 41.4 Å². The van der Waals surface area contributed by atoms with Crippen LogP contribution in [-0.2, 0) is 6.54 Å². The number of aromatic nitrogens is 2. The number of carbonyl (C=O) groups is 1. The standard InChI is InChI=1S/C19H28N6O.HI/c1-15-14-16(2)25(24-15)13-7-10-22-19(20-3)23-12-11-21-18(26)17-8-5-4-6-9-17;/h4-6,8-9,14H,7,10-13H2,1-3H3,(H,21,26)(H2,20,22,23);1H. The lowest BCUT2D eigenvalue weighted by atomic mass is 10.2. The van der Waals surface area contributed by atoms with Gasteiger partial charge in [-0.3, -0.25) is 14.5 Å². The van der Waals surface area contributed by atoms with Crippen molar-refractivity contribution in [3.05, 3.63) is 53.3 Å². The van der Waals surface area contributed by atoms with Crippen molar-refractivity contribution in [3.8, 4) is 0 Å². The quantitative estimate of drug-likeness (QED) is 0.232. The van der Waals surface area contributed by atoms with Crippen molar-refractivity contribution in [2.45, 2.75) is 26.8 Å². The molecule has 7 nitrogen and oxygen atoms in total. The summed E-state index contributed by atoms with van der Waals surface area (Å²) in [6.07, 6.45) is 0.952. The molecule has 2 rings (SSSR count). The van der Waals surface area contributed by atoms with E-state index < -0.39 is 0 Å². The van der Waals surface area contributed by atoms with Crippen LogP contribution in [0.1, 0.15) is 28.2 Å². The number of nitrogens with one attached hydrogen (secondary N) is 3. The first-order chi connectivity index (χ1) is 12.6. The lowest BCUT2D eigenvalue weighted by Gasteiger charge is -2.12. The van der Waals surface area contributed by atoms with Gasteiger partial charge in [-0.05, 0) is 38.5 Å². The Morgan fingerprint density at radius 3 is 2.37 bits per heavy atom. The number of amides is 1. The van der Waals surface area contributed by atoms with Gasteiger partial charge in [0.1, 0.15) is 0 Å². The molecule has 27 heavy (non-hydrogen) atoms. The molecule has 1 aromatic heterocycles. The molecule has 0 aliphatic carbocycles. The predicted molar refractivity (Wildman–Crippen MR) is 120 cm³/mol. The Bertz CT molecular complexity index is 729. The number of benzene rings is 1. The molecule has 0 radical (unpaired) electrons. The summed E-state index contributed by atoms with van der Waals surface area (Å²) in [6.45, 7) is 6.88. The molecule has 8 heteroatoms. The summed E-state index contributed by atoms with van der Waals surface area (Å²) in [7, 11) is 1.74. The molecule has 1 aromatic carbocycles. The maximum atomic E-state index is 11.9. The number of rotatable bonds is 8. The van der Waals surface area contributed by atoms with Crippen LogP contribution >= 0.6 is 24.0 Å². The number of hydrogen-bond donors (Lipinski definition) is 3. The minimum Gasteiger partial charge on any atom is -0.356 e. The molecule has 1 amide bonds. The molecule has 0 aliphatic heterocycles. The maximum Gasteiger partial charge on any atom is 0.251 e. The van der Waals surface area contributed by atoms with Crippen LogP contribution in [0.2, 0.25) is 0 Å². The lowest BCUT2D eigenvalue weighted by molar-refractivity contribution is 0.0954. The number of hydrogen-bond acceptors (Lipinski definition) is 3. The second-order valence-electron chi connectivity index (χ2n) is 6.05. The van der Waals surface area contributed by atoms with Crippen molar-refractivity contribution < 1.29 is 4.79 Å². The van der Waals surface area contributed by atoms with Gasteiger partial charge in [-0.1, -0.05) is 18.2 Å². The molecule has 1 heterocycles. The zero-order valence-electron chi connectivity index (χ0n) is 16.2. The van der Waals surface area contributed by atoms with Gasteiger partial charge in [0.05, 0.1) is 5.69 Å². The van der Waals surface area contributed by atoms with Crippen molar-refractivity contribution in [1.29, 1.82) is 0 Å². The Balaban J connectivity index is 0.00000364. The zero-order valence-corrected chi connectivity index (χ0v) is 18.5. The van der Waals surface area contributed by atoms with E-state index in [9.17, 15) is 4.79 Å². The highest BCUT2D eigenvalue weighted by Crippen LogP contribution is 2.02. The third-order valence-electron chi connectivity index (χ3n) is 3.91. The Hall–Kier alpha value is -2.10. The molecule has 3 N–H and O–H groups in total. The fraction of sp³-hybridized carbons (Fsp3) is 0.421. The number of aryl methyl sites for hydroxylation is 3. The van der Waals surface area contributed by atoms with E-state index >= 15 is 0 Å². The fourth-order valence-corrected chi connectivity index (χ4v) is 2.61. The highest BCUT2D eigenvalue weighted by Gasteiger charge is 2.04. The van der Waals surface area contributed by atoms with Crippen molar-refractivity contribution in [2.24, 2.45) is 4.99 Å². The minimum atomic E-state index is -0.0692. The van der Waals surface area contributed by atoms with Crippen LogP contribution in [0, 0.1) is 13.8 Å². The first-order valence-corrected chi connectivity index (χ1v) is 8.89. The molecule has 2 aromatic rings. The van der Waals surface area contributed by atoms with Crippen LogP contribution in [0.5, 0.6) is 0 Å². The van der Waals surface area contributed by atoms with Crippen LogP contribution in [0.25, 0.3) is 0 Å². The number of carbonyl (C=O) groups excluding carboxylic acids is 1. The maximum absolute atomic E-state index is 11.9. The average molecular weight is 484 g/mol. The summed E-state index contributed by atoms with van der Waals surface area (Å²) in [6, 6.07) is 11.3. The molecule has 0 unspecified atom stereocenters. The summed E-state index contributed by atoms with van der Waals surface area (Å²) in [4.78, 5) is 16.1. The second-order valence-corrected chi connectivity index (χ2v) is 6.05. The van der Waals surface area contributed by atoms with Gasteiger partial charge >= 0.3 is 0 Å². The highest BCUT2D eigenvalue weighted by atomic mass is 127. The monoisotopic (exact) mass is 484 g/mol. The summed E-state index contributed by atoms with van der Waals surface area (Å²) in [5.41, 5.74) is 2.89. The third-order valence-corrected chi connectivity index (χ3v) is 3.91. The van der Waals surface area contributed by atoms with Gasteiger partial charge in [-0.25, -0.2) is 0 Å². The van der Waals surface area contributed by atoms with Crippen LogP contribution < -0.4 is 16.0 Å². The molecule has 0 saturated carbocycles. The number of nitrogens with zero attached hydrogens (tertiary/aromatic N) is 3. The predicted octanol–water partition coefficient (Wildman–Crippen LogP) is 2.10. The third kappa shape index (κ3) is 7.98. The average Bonchev–Trinajstić information content (AvgIpc) is 2.98. The van der Waals surface area contributed by atoms with E-state index in [1.807, 2.05) is 29.8 Å². The van der Waals surface area contributed by atoms with Crippen LogP contribution in [0.4, 0.5) is 0 Å². The normalized spacial score (nSPS) is 10.9. The SMILES string of the molecule is CN=C(NCCCn1nc(C)cc1C)NCCNC(=O)c1ccccc1.I. The van der Waals surface area contributed by atoms with E-state index in [1.54, 1.807) is 19.2 Å². The summed E-state index contributed by atoms with van der Waals surface area (Å²) in [5, 5.41) is 13.8. The topological polar surface area (TPSA) is 83.3 Å². The lowest BCUT2D eigenvalue weighted by Crippen LogP contribution is -2.42. The Morgan fingerprint density at radius 2 is 1.74 bits per heavy atom. The van der Waals surface area contributed by atoms with Gasteiger partial charge in [0.25, 0.3) is 5.91 Å². The van der Waals surface area contributed by atoms with E-state index in [2.05, 4.69) is 39.0 Å². The van der Waals surface area contributed by atoms with E-state index in [0.29, 0.717) is 18.7 Å². The molecule has 0 saturated heterocycles. The van der Waals surface area contributed by atoms with E-state index in [0.717, 1.165) is 31.2 Å². The van der Waals surface area contributed by atoms with Crippen molar-refractivity contribution >= 4 is 35.8 Å². The van der Waals surface area contributed by atoms with Crippen molar-refractivity contribution in [3.63, 3.8) is 0 Å². The molecular weight excluding hydrogens is 455 g/mol. The van der Waals surface area contributed by atoms with Crippen LogP contribution in [-0.4, -0.2) is 48.3 Å². The van der Waals surface area contributed by atoms with Gasteiger partial charge in [-0.2, -0.15) is 5.10 Å². The van der Waals surface area contributed by atoms with Gasteiger partial charge in [0.15, 0.2) is 5.96 Å². The van der Waals surface area contributed by atoms with Crippen molar-refractivity contribution in [1.82, 2.24) is 25.7 Å². The van der Waals surface area contributed by atoms with Gasteiger partial charge in [-0.15, -0.1) is 24.0 Å². The molecule has 0 bridgehead atoms. The van der Waals surface area contributed by atoms with E-state index in [1.165, 1.54) is 5.69 Å². The summed E-state index contributed by atoms with van der Waals surface area (Å²) in [5.74, 6) is 0.660. The fourth-order valence-electron chi connectivity index (χ4n) is 2.61. The van der Waals surface area contributed by atoms with E-state index in [4.69, 9.17) is 0 Å². The van der Waals surface area contributed by atoms with Gasteiger partial charge < -0.3 is 16.0 Å².